The van der Waals surface area contributed by atoms with Crippen LogP contribution >= 0.6 is 11.3 Å². The van der Waals surface area contributed by atoms with E-state index in [0.29, 0.717) is 5.56 Å². The summed E-state index contributed by atoms with van der Waals surface area (Å²) in [5, 5.41) is 37.2. The van der Waals surface area contributed by atoms with Crippen molar-refractivity contribution in [2.75, 3.05) is 0 Å². The highest BCUT2D eigenvalue weighted by Gasteiger charge is 2.29. The van der Waals surface area contributed by atoms with Crippen LogP contribution in [0.4, 0.5) is 0 Å². The first kappa shape index (κ1) is 38.1. The predicted octanol–water partition coefficient (Wildman–Crippen LogP) is 0.0837. The molecule has 3 N–H and O–H groups in total. The Morgan fingerprint density at radius 1 is 0.310 bits per heavy atom. The topological polar surface area (TPSA) is 60.7 Å². The molecule has 0 aliphatic rings. The zero-order chi connectivity index (χ0) is 41.1. The van der Waals surface area contributed by atoms with Crippen molar-refractivity contribution >= 4 is 186 Å². The maximum absolute atomic E-state index is 12.0. The third kappa shape index (κ3) is 5.33. The lowest BCUT2D eigenvalue weighted by atomic mass is 9.60. The maximum Gasteiger partial charge on any atom is 0.118 e. The van der Waals surface area contributed by atoms with Gasteiger partial charge < -0.3 is 15.3 Å². The molecule has 0 saturated carbocycles. The molecule has 248 valence electrons. The Morgan fingerprint density at radius 3 is 1.38 bits per heavy atom. The van der Waals surface area contributed by atoms with Crippen LogP contribution in [-0.4, -0.2) is 93.8 Å². The summed E-state index contributed by atoms with van der Waals surface area (Å²) >= 11 is 1.72. The van der Waals surface area contributed by atoms with E-state index in [1.807, 2.05) is 54.6 Å². The van der Waals surface area contributed by atoms with Gasteiger partial charge in [-0.3, -0.25) is 0 Å². The van der Waals surface area contributed by atoms with Crippen LogP contribution in [0.1, 0.15) is 0 Å². The van der Waals surface area contributed by atoms with Gasteiger partial charge in [-0.25, -0.2) is 0 Å². The number of fused-ring (bicyclic) bond motifs is 5. The SMILES string of the molecule is [B]c1c([B])c(-c2c3c([B])c([B])c([B])c([B])c3c(-c3ccc(-c4c(-c5ccccc5)ccc5sc6ccccc6c45)cc3)c3c(O)c([B])c([B])c(O)c23)c([B])c([B])c1O. The molecule has 0 saturated heterocycles. The van der Waals surface area contributed by atoms with Crippen molar-refractivity contribution in [3.63, 3.8) is 0 Å². The zero-order valence-electron chi connectivity index (χ0n) is 30.7. The van der Waals surface area contributed by atoms with Gasteiger partial charge in [-0.1, -0.05) is 123 Å². The fourth-order valence-corrected chi connectivity index (χ4v) is 9.36. The van der Waals surface area contributed by atoms with Gasteiger partial charge in [0.05, 0.1) is 5.75 Å². The summed E-state index contributed by atoms with van der Waals surface area (Å²) in [5.41, 5.74) is 2.97. The van der Waals surface area contributed by atoms with E-state index < -0.39 is 17.2 Å². The van der Waals surface area contributed by atoms with E-state index >= 15 is 0 Å². The minimum Gasteiger partial charge on any atom is -0.509 e. The fourth-order valence-electron chi connectivity index (χ4n) is 8.25. The van der Waals surface area contributed by atoms with Crippen molar-refractivity contribution in [1.29, 1.82) is 0 Å². The minimum atomic E-state index is -0.544. The Morgan fingerprint density at radius 2 is 0.793 bits per heavy atom. The Balaban J connectivity index is 1.44. The highest BCUT2D eigenvalue weighted by atomic mass is 32.1. The first-order valence-corrected chi connectivity index (χ1v) is 18.8. The Labute approximate surface area is 352 Å². The molecule has 14 heteroatoms. The molecule has 1 heterocycles. The summed E-state index contributed by atoms with van der Waals surface area (Å²) in [7, 11) is 65.1. The molecule has 9 aromatic rings. The summed E-state index contributed by atoms with van der Waals surface area (Å²) < 4.78 is 2.29. The van der Waals surface area contributed by atoms with Crippen molar-refractivity contribution in [1.82, 2.24) is 0 Å². The first-order valence-electron chi connectivity index (χ1n) is 17.9. The second-order valence-corrected chi connectivity index (χ2v) is 15.3. The van der Waals surface area contributed by atoms with Crippen molar-refractivity contribution in [3.8, 4) is 61.8 Å². The summed E-state index contributed by atoms with van der Waals surface area (Å²) in [6.45, 7) is 0. The van der Waals surface area contributed by atoms with Crippen molar-refractivity contribution in [2.24, 2.45) is 0 Å². The third-order valence-corrected chi connectivity index (χ3v) is 12.3. The third-order valence-electron chi connectivity index (χ3n) is 11.2. The number of rotatable bonds is 4. The van der Waals surface area contributed by atoms with Crippen LogP contribution in [0.15, 0.2) is 91.0 Å². The Kier molecular flexibility index (Phi) is 9.09. The van der Waals surface area contributed by atoms with Crippen LogP contribution in [0.3, 0.4) is 0 Å². The number of thiophene rings is 1. The van der Waals surface area contributed by atoms with Gasteiger partial charge in [0.2, 0.25) is 0 Å². The van der Waals surface area contributed by atoms with Crippen LogP contribution in [0.2, 0.25) is 0 Å². The molecule has 0 aliphatic heterocycles. The van der Waals surface area contributed by atoms with Gasteiger partial charge >= 0.3 is 0 Å². The number of hydrogen-bond donors (Lipinski definition) is 3. The van der Waals surface area contributed by atoms with E-state index in [1.165, 1.54) is 0 Å². The maximum atomic E-state index is 12.0. The molecule has 0 amide bonds. The van der Waals surface area contributed by atoms with Crippen LogP contribution < -0.4 is 54.6 Å². The molecule has 0 atom stereocenters. The number of hydrogen-bond acceptors (Lipinski definition) is 4. The van der Waals surface area contributed by atoms with Crippen molar-refractivity contribution in [3.05, 3.63) is 91.0 Å². The molecule has 0 unspecified atom stereocenters. The largest absolute Gasteiger partial charge is 0.509 e. The highest BCUT2D eigenvalue weighted by Crippen LogP contribution is 2.49. The zero-order valence-corrected chi connectivity index (χ0v) is 31.5. The molecule has 0 aliphatic carbocycles. The molecular formula is C44H18B10O3S. The molecule has 9 rings (SSSR count). The average molecular weight is 735 g/mol. The van der Waals surface area contributed by atoms with Gasteiger partial charge in [0.1, 0.15) is 90.0 Å². The van der Waals surface area contributed by atoms with Gasteiger partial charge in [-0.05, 0) is 61.8 Å². The minimum absolute atomic E-state index is 0.00375. The van der Waals surface area contributed by atoms with Gasteiger partial charge in [0.15, 0.2) is 0 Å². The molecule has 0 spiro atoms. The quantitative estimate of drug-likeness (QED) is 0.137. The summed E-state index contributed by atoms with van der Waals surface area (Å²) in [6.07, 6.45) is 0. The normalized spacial score (nSPS) is 11.7. The number of aromatic hydroxyl groups is 3. The molecule has 0 fully saturated rings. The number of phenolic OH excluding ortho intramolecular Hbond substituents is 3. The van der Waals surface area contributed by atoms with Crippen LogP contribution in [-0.2, 0) is 0 Å². The summed E-state index contributed by atoms with van der Waals surface area (Å²) in [6, 6.07) is 30.5. The lowest BCUT2D eigenvalue weighted by Crippen LogP contribution is -2.48. The molecule has 1 aromatic heterocycles. The monoisotopic (exact) mass is 736 g/mol. The Bertz CT molecular complexity index is 3150. The van der Waals surface area contributed by atoms with E-state index in [-0.39, 0.29) is 92.9 Å². The van der Waals surface area contributed by atoms with Gasteiger partial charge in [0.25, 0.3) is 0 Å². The summed E-state index contributed by atoms with van der Waals surface area (Å²) in [5.74, 6) is -1.57. The Hall–Kier alpha value is -5.45. The fraction of sp³-hybridized carbons (Fsp3) is 0. The van der Waals surface area contributed by atoms with Gasteiger partial charge in [-0.15, -0.1) is 22.3 Å². The molecule has 0 bridgehead atoms. The molecule has 8 aromatic carbocycles. The van der Waals surface area contributed by atoms with E-state index in [1.54, 1.807) is 11.3 Å². The summed E-state index contributed by atoms with van der Waals surface area (Å²) in [4.78, 5) is 0. The van der Waals surface area contributed by atoms with E-state index in [9.17, 15) is 15.3 Å². The van der Waals surface area contributed by atoms with Crippen LogP contribution in [0.25, 0.3) is 86.2 Å². The second-order valence-electron chi connectivity index (χ2n) is 14.2. The molecule has 58 heavy (non-hydrogen) atoms. The standard InChI is InChI=1S/C44H18B10O3S/c45-32-27-24(18-12-10-17(11-13-18)23-19(16-6-2-1-3-7-16)14-15-22-25(23)20-8-4-5-9-21(20)58-22)29-30(43(56)41(54)40(53)42(29)55)26(28(27)33(46)37(50)36(32)49)31-34(47)38(51)44(57)39(52)35(31)48/h1-15,55-57H. The average Bonchev–Trinajstić information content (AvgIpc) is 3.63. The van der Waals surface area contributed by atoms with Crippen LogP contribution in [0.5, 0.6) is 17.2 Å². The lowest BCUT2D eigenvalue weighted by molar-refractivity contribution is 0.476. The number of phenols is 3. The lowest BCUT2D eigenvalue weighted by Gasteiger charge is -2.29. The molecular weight excluding hydrogens is 717 g/mol. The first-order chi connectivity index (χ1) is 27.7. The van der Waals surface area contributed by atoms with Crippen molar-refractivity contribution < 1.29 is 15.3 Å². The second kappa shape index (κ2) is 13.8. The molecule has 20 radical (unpaired) electrons. The van der Waals surface area contributed by atoms with E-state index in [2.05, 4.69) is 36.4 Å². The number of benzene rings is 8. The molecule has 3 nitrogen and oxygen atoms in total. The van der Waals surface area contributed by atoms with Crippen LogP contribution in [0, 0.1) is 0 Å². The smallest absolute Gasteiger partial charge is 0.118 e. The van der Waals surface area contributed by atoms with Crippen molar-refractivity contribution in [2.45, 2.75) is 0 Å². The van der Waals surface area contributed by atoms with Gasteiger partial charge in [-0.2, -0.15) is 0 Å². The highest BCUT2D eigenvalue weighted by molar-refractivity contribution is 7.26. The van der Waals surface area contributed by atoms with E-state index in [0.717, 1.165) is 42.4 Å². The van der Waals surface area contributed by atoms with Gasteiger partial charge in [0, 0.05) is 36.5 Å². The predicted molar refractivity (Wildman–Crippen MR) is 255 cm³/mol. The van der Waals surface area contributed by atoms with E-state index in [4.69, 9.17) is 78.5 Å².